The number of hydrogen-bond donors (Lipinski definition) is 2. The molecule has 7 nitrogen and oxygen atoms in total. The van der Waals surface area contributed by atoms with Crippen LogP contribution >= 0.6 is 0 Å². The van der Waals surface area contributed by atoms with Gasteiger partial charge in [0.25, 0.3) is 0 Å². The Kier molecular flexibility index (Phi) is 4.33. The van der Waals surface area contributed by atoms with Crippen molar-refractivity contribution in [3.8, 4) is 0 Å². The molecular weight excluding hydrogens is 280 g/mol. The van der Waals surface area contributed by atoms with Gasteiger partial charge in [-0.25, -0.2) is 0 Å². The van der Waals surface area contributed by atoms with Crippen molar-refractivity contribution in [3.63, 3.8) is 0 Å². The van der Waals surface area contributed by atoms with Gasteiger partial charge in [-0.1, -0.05) is 6.07 Å². The number of aromatic nitrogens is 3. The first-order valence-electron chi connectivity index (χ1n) is 7.12. The summed E-state index contributed by atoms with van der Waals surface area (Å²) in [6.07, 6.45) is 4.43. The fraction of sp³-hybridized carbons (Fsp3) is 0.267. The summed E-state index contributed by atoms with van der Waals surface area (Å²) in [5.74, 6) is 2.51. The Balaban J connectivity index is 1.52. The number of aliphatic imine (C=N–C) groups is 1. The third-order valence-corrected chi connectivity index (χ3v) is 3.27. The van der Waals surface area contributed by atoms with E-state index in [4.69, 9.17) is 4.42 Å². The van der Waals surface area contributed by atoms with Crippen LogP contribution in [0.1, 0.15) is 11.6 Å². The van der Waals surface area contributed by atoms with Gasteiger partial charge in [-0.2, -0.15) is 0 Å². The summed E-state index contributed by atoms with van der Waals surface area (Å²) in [4.78, 5) is 4.19. The highest BCUT2D eigenvalue weighted by molar-refractivity contribution is 5.79. The third kappa shape index (κ3) is 3.25. The molecule has 2 N–H and O–H groups in total. The smallest absolute Gasteiger partial charge is 0.191 e. The van der Waals surface area contributed by atoms with Gasteiger partial charge in [-0.05, 0) is 24.3 Å². The summed E-state index contributed by atoms with van der Waals surface area (Å²) < 4.78 is 7.24. The van der Waals surface area contributed by atoms with Crippen LogP contribution in [-0.2, 0) is 13.0 Å². The zero-order chi connectivity index (χ0) is 15.2. The summed E-state index contributed by atoms with van der Waals surface area (Å²) in [5, 5.41) is 14.8. The van der Waals surface area contributed by atoms with E-state index in [9.17, 15) is 0 Å². The zero-order valence-electron chi connectivity index (χ0n) is 12.4. The molecular formula is C15H18N6O. The van der Waals surface area contributed by atoms with Crippen LogP contribution in [0.5, 0.6) is 0 Å². The van der Waals surface area contributed by atoms with E-state index in [2.05, 4.69) is 25.8 Å². The normalized spacial score (nSPS) is 11.8. The Hall–Kier alpha value is -2.83. The van der Waals surface area contributed by atoms with Crippen molar-refractivity contribution < 1.29 is 4.42 Å². The molecule has 0 fully saturated rings. The van der Waals surface area contributed by atoms with Crippen LogP contribution in [0.25, 0.3) is 5.65 Å². The molecule has 0 aliphatic carbocycles. The van der Waals surface area contributed by atoms with Gasteiger partial charge in [0, 0.05) is 26.2 Å². The highest BCUT2D eigenvalue weighted by Crippen LogP contribution is 2.02. The second-order valence-electron chi connectivity index (χ2n) is 4.73. The molecule has 7 heteroatoms. The molecule has 3 aromatic heterocycles. The summed E-state index contributed by atoms with van der Waals surface area (Å²) in [6, 6.07) is 9.67. The van der Waals surface area contributed by atoms with Gasteiger partial charge in [-0.3, -0.25) is 9.39 Å². The van der Waals surface area contributed by atoms with E-state index in [0.29, 0.717) is 6.54 Å². The van der Waals surface area contributed by atoms with Crippen molar-refractivity contribution in [1.82, 2.24) is 25.2 Å². The lowest BCUT2D eigenvalue weighted by Gasteiger charge is -2.10. The number of rotatable bonds is 5. The number of furan rings is 1. The number of guanidine groups is 1. The molecule has 0 aromatic carbocycles. The molecule has 3 aromatic rings. The predicted molar refractivity (Wildman–Crippen MR) is 83.6 cm³/mol. The van der Waals surface area contributed by atoms with Crippen LogP contribution in [0.15, 0.2) is 52.2 Å². The van der Waals surface area contributed by atoms with Crippen molar-refractivity contribution >= 4 is 11.6 Å². The van der Waals surface area contributed by atoms with Crippen LogP contribution in [0.3, 0.4) is 0 Å². The monoisotopic (exact) mass is 298 g/mol. The van der Waals surface area contributed by atoms with Gasteiger partial charge < -0.3 is 15.1 Å². The second kappa shape index (κ2) is 6.75. The maximum absolute atomic E-state index is 5.29. The van der Waals surface area contributed by atoms with Crippen LogP contribution in [-0.4, -0.2) is 34.2 Å². The van der Waals surface area contributed by atoms with Gasteiger partial charge in [0.2, 0.25) is 0 Å². The number of hydrogen-bond acceptors (Lipinski definition) is 4. The number of pyridine rings is 1. The molecule has 114 valence electrons. The predicted octanol–water partition coefficient (Wildman–Crippen LogP) is 1.23. The summed E-state index contributed by atoms with van der Waals surface area (Å²) >= 11 is 0. The van der Waals surface area contributed by atoms with Crippen molar-refractivity contribution in [1.29, 1.82) is 0 Å². The van der Waals surface area contributed by atoms with E-state index < -0.39 is 0 Å². The first-order valence-corrected chi connectivity index (χ1v) is 7.12. The van der Waals surface area contributed by atoms with E-state index in [1.807, 2.05) is 40.9 Å². The van der Waals surface area contributed by atoms with Crippen molar-refractivity contribution in [2.45, 2.75) is 13.0 Å². The van der Waals surface area contributed by atoms with E-state index in [-0.39, 0.29) is 0 Å². The zero-order valence-corrected chi connectivity index (χ0v) is 12.4. The minimum Gasteiger partial charge on any atom is -0.469 e. The molecule has 0 unspecified atom stereocenters. The van der Waals surface area contributed by atoms with E-state index in [1.165, 1.54) is 0 Å². The maximum Gasteiger partial charge on any atom is 0.191 e. The quantitative estimate of drug-likeness (QED) is 0.547. The average molecular weight is 298 g/mol. The molecule has 3 rings (SSSR count). The Morgan fingerprint density at radius 2 is 2.18 bits per heavy atom. The summed E-state index contributed by atoms with van der Waals surface area (Å²) in [5.41, 5.74) is 0.833. The van der Waals surface area contributed by atoms with Crippen LogP contribution in [0.4, 0.5) is 0 Å². The molecule has 3 heterocycles. The summed E-state index contributed by atoms with van der Waals surface area (Å²) in [7, 11) is 1.74. The number of nitrogens with one attached hydrogen (secondary N) is 2. The van der Waals surface area contributed by atoms with Gasteiger partial charge in [0.15, 0.2) is 17.4 Å². The Labute approximate surface area is 128 Å². The van der Waals surface area contributed by atoms with Crippen LogP contribution in [0, 0.1) is 0 Å². The summed E-state index contributed by atoms with van der Waals surface area (Å²) in [6.45, 7) is 1.29. The lowest BCUT2D eigenvalue weighted by atomic mass is 10.3. The molecule has 0 amide bonds. The standard InChI is InChI=1S/C15H18N6O/c1-16-15(17-8-7-12-5-4-10-22-12)18-11-14-20-19-13-6-2-3-9-21(13)14/h2-6,9-10H,7-8,11H2,1H3,(H2,16,17,18). The van der Waals surface area contributed by atoms with Gasteiger partial charge in [-0.15, -0.1) is 10.2 Å². The largest absolute Gasteiger partial charge is 0.469 e. The number of fused-ring (bicyclic) bond motifs is 1. The highest BCUT2D eigenvalue weighted by atomic mass is 16.3. The average Bonchev–Trinajstić information content (AvgIpc) is 3.20. The topological polar surface area (TPSA) is 79.8 Å². The fourth-order valence-electron chi connectivity index (χ4n) is 2.15. The molecule has 0 spiro atoms. The minimum absolute atomic E-state index is 0.547. The molecule has 0 aliphatic heterocycles. The van der Waals surface area contributed by atoms with Gasteiger partial charge in [0.1, 0.15) is 5.76 Å². The molecule has 0 aliphatic rings. The number of nitrogens with zero attached hydrogens (tertiary/aromatic N) is 4. The van der Waals surface area contributed by atoms with Crippen molar-refractivity contribution in [3.05, 3.63) is 54.4 Å². The van der Waals surface area contributed by atoms with Crippen molar-refractivity contribution in [2.24, 2.45) is 4.99 Å². The SMILES string of the molecule is CN=C(NCCc1ccco1)NCc1nnc2ccccn12. The molecule has 0 saturated heterocycles. The Bertz CT molecular complexity index is 746. The lowest BCUT2D eigenvalue weighted by molar-refractivity contribution is 0.506. The highest BCUT2D eigenvalue weighted by Gasteiger charge is 2.05. The van der Waals surface area contributed by atoms with Crippen LogP contribution < -0.4 is 10.6 Å². The van der Waals surface area contributed by atoms with E-state index >= 15 is 0 Å². The molecule has 0 atom stereocenters. The molecule has 22 heavy (non-hydrogen) atoms. The maximum atomic E-state index is 5.29. The Morgan fingerprint density at radius 3 is 3.00 bits per heavy atom. The van der Waals surface area contributed by atoms with E-state index in [1.54, 1.807) is 13.3 Å². The van der Waals surface area contributed by atoms with Crippen LogP contribution in [0.2, 0.25) is 0 Å². The Morgan fingerprint density at radius 1 is 1.23 bits per heavy atom. The van der Waals surface area contributed by atoms with E-state index in [0.717, 1.165) is 36.2 Å². The van der Waals surface area contributed by atoms with Gasteiger partial charge in [0.05, 0.1) is 12.8 Å². The molecule has 0 saturated carbocycles. The third-order valence-electron chi connectivity index (χ3n) is 3.27. The van der Waals surface area contributed by atoms with Crippen molar-refractivity contribution in [2.75, 3.05) is 13.6 Å². The minimum atomic E-state index is 0.547. The molecule has 0 bridgehead atoms. The first-order chi connectivity index (χ1) is 10.9. The molecule has 0 radical (unpaired) electrons. The lowest BCUT2D eigenvalue weighted by Crippen LogP contribution is -2.38. The first kappa shape index (κ1) is 14.1. The fourth-order valence-corrected chi connectivity index (χ4v) is 2.15. The van der Waals surface area contributed by atoms with Gasteiger partial charge >= 0.3 is 0 Å². The second-order valence-corrected chi connectivity index (χ2v) is 4.73.